The number of anilines is 1. The quantitative estimate of drug-likeness (QED) is 0.891. The number of hydrogen-bond donors (Lipinski definition) is 2. The third kappa shape index (κ3) is 3.19. The van der Waals surface area contributed by atoms with Crippen molar-refractivity contribution >= 4 is 5.69 Å². The van der Waals surface area contributed by atoms with Crippen LogP contribution in [0.25, 0.3) is 0 Å². The highest BCUT2D eigenvalue weighted by Gasteiger charge is 2.04. The van der Waals surface area contributed by atoms with Gasteiger partial charge in [-0.2, -0.15) is 5.26 Å². The van der Waals surface area contributed by atoms with Crippen molar-refractivity contribution in [2.24, 2.45) is 0 Å². The van der Waals surface area contributed by atoms with Gasteiger partial charge in [0.1, 0.15) is 17.4 Å². The zero-order valence-electron chi connectivity index (χ0n) is 9.82. The maximum Gasteiger partial charge on any atom is 0.147 e. The van der Waals surface area contributed by atoms with Crippen molar-refractivity contribution in [3.05, 3.63) is 59.2 Å². The van der Waals surface area contributed by atoms with Gasteiger partial charge in [-0.15, -0.1) is 0 Å². The standard InChI is InChI=1S/C14H10F2N2O/c15-11-3-10(4-12(19)6-11)8-18-14-2-1-9(7-17)5-13(14)16/h1-6,18-19H,8H2. The van der Waals surface area contributed by atoms with Gasteiger partial charge in [0.05, 0.1) is 17.3 Å². The monoisotopic (exact) mass is 260 g/mol. The summed E-state index contributed by atoms with van der Waals surface area (Å²) in [6.07, 6.45) is 0. The van der Waals surface area contributed by atoms with Crippen molar-refractivity contribution in [2.45, 2.75) is 6.54 Å². The normalized spacial score (nSPS) is 9.95. The van der Waals surface area contributed by atoms with Crippen LogP contribution in [-0.2, 0) is 6.54 Å². The summed E-state index contributed by atoms with van der Waals surface area (Å²) in [6.45, 7) is 0.161. The highest BCUT2D eigenvalue weighted by atomic mass is 19.1. The maximum atomic E-state index is 13.6. The number of aromatic hydroxyl groups is 1. The molecule has 19 heavy (non-hydrogen) atoms. The summed E-state index contributed by atoms with van der Waals surface area (Å²) in [4.78, 5) is 0. The first-order valence-corrected chi connectivity index (χ1v) is 5.50. The zero-order chi connectivity index (χ0) is 13.8. The van der Waals surface area contributed by atoms with E-state index in [1.165, 1.54) is 24.3 Å². The highest BCUT2D eigenvalue weighted by molar-refractivity contribution is 5.49. The Morgan fingerprint density at radius 1 is 1.16 bits per heavy atom. The molecule has 0 amide bonds. The van der Waals surface area contributed by atoms with E-state index < -0.39 is 11.6 Å². The summed E-state index contributed by atoms with van der Waals surface area (Å²) in [6, 6.07) is 9.49. The Morgan fingerprint density at radius 3 is 2.58 bits per heavy atom. The number of nitriles is 1. The lowest BCUT2D eigenvalue weighted by molar-refractivity contribution is 0.468. The minimum absolute atomic E-state index is 0.161. The van der Waals surface area contributed by atoms with Gasteiger partial charge in [0.15, 0.2) is 0 Å². The Morgan fingerprint density at radius 2 is 1.95 bits per heavy atom. The molecule has 0 saturated carbocycles. The molecule has 0 bridgehead atoms. The molecule has 2 rings (SSSR count). The van der Waals surface area contributed by atoms with Crippen LogP contribution in [0, 0.1) is 23.0 Å². The van der Waals surface area contributed by atoms with E-state index in [1.807, 2.05) is 6.07 Å². The Kier molecular flexibility index (Phi) is 3.62. The van der Waals surface area contributed by atoms with Crippen LogP contribution >= 0.6 is 0 Å². The molecule has 96 valence electrons. The molecule has 0 saturated heterocycles. The maximum absolute atomic E-state index is 13.6. The Labute approximate surface area is 108 Å². The molecule has 3 nitrogen and oxygen atoms in total. The second-order valence-corrected chi connectivity index (χ2v) is 3.98. The first-order chi connectivity index (χ1) is 9.08. The van der Waals surface area contributed by atoms with Crippen molar-refractivity contribution in [1.82, 2.24) is 0 Å². The summed E-state index contributed by atoms with van der Waals surface area (Å²) in [7, 11) is 0. The van der Waals surface area contributed by atoms with E-state index in [2.05, 4.69) is 5.32 Å². The molecule has 0 spiro atoms. The molecule has 0 radical (unpaired) electrons. The lowest BCUT2D eigenvalue weighted by Gasteiger charge is -2.08. The average molecular weight is 260 g/mol. The van der Waals surface area contributed by atoms with E-state index in [1.54, 1.807) is 0 Å². The Balaban J connectivity index is 2.12. The van der Waals surface area contributed by atoms with E-state index in [4.69, 9.17) is 5.26 Å². The lowest BCUT2D eigenvalue weighted by Crippen LogP contribution is -2.02. The number of hydrogen-bond acceptors (Lipinski definition) is 3. The van der Waals surface area contributed by atoms with Gasteiger partial charge < -0.3 is 10.4 Å². The summed E-state index contributed by atoms with van der Waals surface area (Å²) in [5.74, 6) is -1.30. The zero-order valence-corrected chi connectivity index (χ0v) is 9.82. The molecular formula is C14H10F2N2O. The van der Waals surface area contributed by atoms with Crippen molar-refractivity contribution in [1.29, 1.82) is 5.26 Å². The fourth-order valence-electron chi connectivity index (χ4n) is 1.66. The smallest absolute Gasteiger partial charge is 0.147 e. The van der Waals surface area contributed by atoms with Crippen LogP contribution in [0.4, 0.5) is 14.5 Å². The van der Waals surface area contributed by atoms with Crippen LogP contribution in [-0.4, -0.2) is 5.11 Å². The summed E-state index contributed by atoms with van der Waals surface area (Å²) in [5, 5.41) is 20.6. The predicted molar refractivity (Wildman–Crippen MR) is 66.5 cm³/mol. The van der Waals surface area contributed by atoms with Gasteiger partial charge in [0.2, 0.25) is 0 Å². The van der Waals surface area contributed by atoms with Gasteiger partial charge in [-0.25, -0.2) is 8.78 Å². The van der Waals surface area contributed by atoms with Crippen LogP contribution in [0.5, 0.6) is 5.75 Å². The van der Waals surface area contributed by atoms with Crippen LogP contribution in [0.1, 0.15) is 11.1 Å². The van der Waals surface area contributed by atoms with Gasteiger partial charge in [-0.1, -0.05) is 0 Å². The molecule has 0 unspecified atom stereocenters. The number of benzene rings is 2. The molecule has 2 aromatic carbocycles. The van der Waals surface area contributed by atoms with E-state index >= 15 is 0 Å². The SMILES string of the molecule is N#Cc1ccc(NCc2cc(O)cc(F)c2)c(F)c1. The predicted octanol–water partition coefficient (Wildman–Crippen LogP) is 3.15. The molecule has 0 atom stereocenters. The first kappa shape index (κ1) is 12.8. The van der Waals surface area contributed by atoms with E-state index in [0.29, 0.717) is 5.56 Å². The topological polar surface area (TPSA) is 56.0 Å². The molecule has 0 heterocycles. The Bertz CT molecular complexity index is 630. The van der Waals surface area contributed by atoms with Crippen LogP contribution in [0.15, 0.2) is 36.4 Å². The minimum Gasteiger partial charge on any atom is -0.508 e. The van der Waals surface area contributed by atoms with Gasteiger partial charge in [0.25, 0.3) is 0 Å². The van der Waals surface area contributed by atoms with Gasteiger partial charge in [0, 0.05) is 12.6 Å². The molecule has 0 aliphatic carbocycles. The largest absolute Gasteiger partial charge is 0.508 e. The van der Waals surface area contributed by atoms with Crippen molar-refractivity contribution in [3.8, 4) is 11.8 Å². The minimum atomic E-state index is -0.558. The fraction of sp³-hybridized carbons (Fsp3) is 0.0714. The fourth-order valence-corrected chi connectivity index (χ4v) is 1.66. The molecule has 2 aromatic rings. The van der Waals surface area contributed by atoms with Gasteiger partial charge in [-0.05, 0) is 35.9 Å². The number of phenols is 1. The van der Waals surface area contributed by atoms with E-state index in [-0.39, 0.29) is 23.5 Å². The van der Waals surface area contributed by atoms with Crippen molar-refractivity contribution in [2.75, 3.05) is 5.32 Å². The van der Waals surface area contributed by atoms with Crippen molar-refractivity contribution in [3.63, 3.8) is 0 Å². The van der Waals surface area contributed by atoms with Gasteiger partial charge in [-0.3, -0.25) is 0 Å². The van der Waals surface area contributed by atoms with E-state index in [9.17, 15) is 13.9 Å². The molecule has 0 aromatic heterocycles. The lowest BCUT2D eigenvalue weighted by atomic mass is 10.2. The molecule has 0 fully saturated rings. The number of nitrogens with one attached hydrogen (secondary N) is 1. The third-order valence-corrected chi connectivity index (χ3v) is 2.52. The molecule has 0 aliphatic heterocycles. The van der Waals surface area contributed by atoms with E-state index in [0.717, 1.165) is 12.1 Å². The molecule has 5 heteroatoms. The van der Waals surface area contributed by atoms with Crippen LogP contribution in [0.3, 0.4) is 0 Å². The Hall–Kier alpha value is -2.61. The number of rotatable bonds is 3. The number of nitrogens with zero attached hydrogens (tertiary/aromatic N) is 1. The van der Waals surface area contributed by atoms with Crippen LogP contribution in [0.2, 0.25) is 0 Å². The second-order valence-electron chi connectivity index (χ2n) is 3.98. The summed E-state index contributed by atoms with van der Waals surface area (Å²) < 4.78 is 26.6. The summed E-state index contributed by atoms with van der Waals surface area (Å²) >= 11 is 0. The van der Waals surface area contributed by atoms with Gasteiger partial charge >= 0.3 is 0 Å². The number of phenolic OH excluding ortho intramolecular Hbond substituents is 1. The molecular weight excluding hydrogens is 250 g/mol. The third-order valence-electron chi connectivity index (χ3n) is 2.52. The molecule has 0 aliphatic rings. The average Bonchev–Trinajstić information content (AvgIpc) is 2.36. The molecule has 2 N–H and O–H groups in total. The summed E-state index contributed by atoms with van der Waals surface area (Å²) in [5.41, 5.74) is 0.926. The second kappa shape index (κ2) is 5.36. The highest BCUT2D eigenvalue weighted by Crippen LogP contribution is 2.19. The van der Waals surface area contributed by atoms with Crippen molar-refractivity contribution < 1.29 is 13.9 Å². The number of halogens is 2. The first-order valence-electron chi connectivity index (χ1n) is 5.50. The van der Waals surface area contributed by atoms with Crippen LogP contribution < -0.4 is 5.32 Å².